The molecular weight excluding hydrogens is 264 g/mol. The predicted molar refractivity (Wildman–Crippen MR) is 83.3 cm³/mol. The maximum absolute atomic E-state index is 12.2. The summed E-state index contributed by atoms with van der Waals surface area (Å²) in [5.74, 6) is -0.197. The molecular formula is C17H24N2O2. The highest BCUT2D eigenvalue weighted by Crippen LogP contribution is 2.22. The van der Waals surface area contributed by atoms with Crippen LogP contribution in [0.3, 0.4) is 0 Å². The van der Waals surface area contributed by atoms with E-state index >= 15 is 0 Å². The Morgan fingerprint density at radius 3 is 2.14 bits per heavy atom. The number of nitrogens with one attached hydrogen (secondary N) is 1. The molecule has 1 unspecified atom stereocenters. The fraction of sp³-hybridized carbons (Fsp3) is 0.529. The van der Waals surface area contributed by atoms with E-state index in [4.69, 9.17) is 0 Å². The van der Waals surface area contributed by atoms with E-state index in [1.807, 2.05) is 24.3 Å². The molecule has 4 nitrogen and oxygen atoms in total. The molecule has 1 aliphatic heterocycles. The van der Waals surface area contributed by atoms with Gasteiger partial charge in [0.05, 0.1) is 0 Å². The molecule has 1 N–H and O–H groups in total. The van der Waals surface area contributed by atoms with Gasteiger partial charge >= 0.3 is 0 Å². The van der Waals surface area contributed by atoms with E-state index in [2.05, 4.69) is 26.1 Å². The molecule has 1 heterocycles. The molecule has 0 aliphatic carbocycles. The summed E-state index contributed by atoms with van der Waals surface area (Å²) in [5, 5.41) is 2.77. The number of nitrogens with zero attached hydrogens (tertiary/aromatic N) is 1. The lowest BCUT2D eigenvalue weighted by molar-refractivity contribution is -0.136. The number of likely N-dealkylation sites (tertiary alicyclic amines) is 1. The zero-order valence-corrected chi connectivity index (χ0v) is 13.3. The summed E-state index contributed by atoms with van der Waals surface area (Å²) in [5.41, 5.74) is 1.84. The summed E-state index contributed by atoms with van der Waals surface area (Å²) in [6.45, 7) is 9.75. The quantitative estimate of drug-likeness (QED) is 0.928. The maximum Gasteiger partial charge on any atom is 0.251 e. The van der Waals surface area contributed by atoms with Crippen LogP contribution in [0.25, 0.3) is 0 Å². The van der Waals surface area contributed by atoms with Gasteiger partial charge in [0.1, 0.15) is 6.04 Å². The van der Waals surface area contributed by atoms with Crippen LogP contribution in [0, 0.1) is 0 Å². The second kappa shape index (κ2) is 5.88. The molecule has 0 radical (unpaired) electrons. The summed E-state index contributed by atoms with van der Waals surface area (Å²) in [4.78, 5) is 25.9. The summed E-state index contributed by atoms with van der Waals surface area (Å²) < 4.78 is 0. The minimum Gasteiger partial charge on any atom is -0.341 e. The van der Waals surface area contributed by atoms with Crippen LogP contribution < -0.4 is 5.32 Å². The molecule has 4 heteroatoms. The number of carbonyl (C=O) groups is 2. The Balaban J connectivity index is 1.98. The Labute approximate surface area is 126 Å². The van der Waals surface area contributed by atoms with E-state index in [1.165, 1.54) is 5.56 Å². The van der Waals surface area contributed by atoms with Crippen molar-refractivity contribution < 1.29 is 9.59 Å². The van der Waals surface area contributed by atoms with Crippen LogP contribution >= 0.6 is 0 Å². The lowest BCUT2D eigenvalue weighted by Gasteiger charge is -2.33. The van der Waals surface area contributed by atoms with E-state index in [1.54, 1.807) is 11.8 Å². The van der Waals surface area contributed by atoms with Crippen molar-refractivity contribution in [3.05, 3.63) is 35.4 Å². The molecule has 2 rings (SSSR count). The van der Waals surface area contributed by atoms with Gasteiger partial charge in [-0.05, 0) is 36.5 Å². The average Bonchev–Trinajstić information content (AvgIpc) is 2.35. The highest BCUT2D eigenvalue weighted by molar-refractivity contribution is 5.97. The van der Waals surface area contributed by atoms with Crippen LogP contribution in [0.5, 0.6) is 0 Å². The highest BCUT2D eigenvalue weighted by atomic mass is 16.2. The lowest BCUT2D eigenvalue weighted by atomic mass is 9.86. The first-order chi connectivity index (χ1) is 9.79. The molecule has 0 aromatic heterocycles. The van der Waals surface area contributed by atoms with Gasteiger partial charge in [0.15, 0.2) is 0 Å². The fourth-order valence-electron chi connectivity index (χ4n) is 2.27. The van der Waals surface area contributed by atoms with E-state index < -0.39 is 6.04 Å². The molecule has 1 aromatic carbocycles. The Bertz CT molecular complexity index is 525. The number of amides is 2. The molecule has 2 amide bonds. The molecule has 0 bridgehead atoms. The lowest BCUT2D eigenvalue weighted by Crippen LogP contribution is -2.51. The molecule has 0 spiro atoms. The minimum absolute atomic E-state index is 0.000844. The summed E-state index contributed by atoms with van der Waals surface area (Å²) in [6, 6.07) is 7.10. The maximum atomic E-state index is 12.2. The van der Waals surface area contributed by atoms with Crippen molar-refractivity contribution in [3.63, 3.8) is 0 Å². The molecule has 1 saturated heterocycles. The number of carbonyl (C=O) groups excluding carboxylic acids is 2. The van der Waals surface area contributed by atoms with Crippen molar-refractivity contribution in [2.75, 3.05) is 13.1 Å². The Morgan fingerprint density at radius 2 is 1.71 bits per heavy atom. The zero-order valence-electron chi connectivity index (χ0n) is 13.3. The third-order valence-electron chi connectivity index (χ3n) is 3.90. The van der Waals surface area contributed by atoms with Crippen LogP contribution in [0.1, 0.15) is 50.0 Å². The Morgan fingerprint density at radius 1 is 1.14 bits per heavy atom. The van der Waals surface area contributed by atoms with Gasteiger partial charge in [0, 0.05) is 18.7 Å². The van der Waals surface area contributed by atoms with Crippen LogP contribution in [0.2, 0.25) is 0 Å². The van der Waals surface area contributed by atoms with Gasteiger partial charge < -0.3 is 10.2 Å². The van der Waals surface area contributed by atoms with Crippen molar-refractivity contribution in [1.29, 1.82) is 0 Å². The molecule has 0 saturated carbocycles. The standard InChI is InChI=1S/C17H24N2O2/c1-12(16(21)19-10-5-11-19)18-15(20)13-6-8-14(9-7-13)17(2,3)4/h6-9,12H,5,10-11H2,1-4H3,(H,18,20). The number of hydrogen-bond acceptors (Lipinski definition) is 2. The smallest absolute Gasteiger partial charge is 0.251 e. The first-order valence-corrected chi connectivity index (χ1v) is 7.49. The summed E-state index contributed by atoms with van der Waals surface area (Å²) in [7, 11) is 0. The van der Waals surface area contributed by atoms with Crippen molar-refractivity contribution in [3.8, 4) is 0 Å². The van der Waals surface area contributed by atoms with E-state index in [9.17, 15) is 9.59 Å². The van der Waals surface area contributed by atoms with E-state index in [0.29, 0.717) is 5.56 Å². The molecule has 21 heavy (non-hydrogen) atoms. The summed E-state index contributed by atoms with van der Waals surface area (Å²) in [6.07, 6.45) is 1.06. The first kappa shape index (κ1) is 15.5. The van der Waals surface area contributed by atoms with Crippen LogP contribution in [-0.2, 0) is 10.2 Å². The number of rotatable bonds is 3. The van der Waals surface area contributed by atoms with Crippen LogP contribution in [0.4, 0.5) is 0 Å². The predicted octanol–water partition coefficient (Wildman–Crippen LogP) is 2.33. The number of hydrogen-bond donors (Lipinski definition) is 1. The molecule has 1 aromatic rings. The SMILES string of the molecule is CC(NC(=O)c1ccc(C(C)(C)C)cc1)C(=O)N1CCC1. The van der Waals surface area contributed by atoms with Gasteiger partial charge in [0.25, 0.3) is 5.91 Å². The van der Waals surface area contributed by atoms with Crippen molar-refractivity contribution in [2.45, 2.75) is 45.6 Å². The van der Waals surface area contributed by atoms with Gasteiger partial charge in [-0.25, -0.2) is 0 Å². The first-order valence-electron chi connectivity index (χ1n) is 7.49. The third-order valence-corrected chi connectivity index (χ3v) is 3.90. The van der Waals surface area contributed by atoms with Gasteiger partial charge in [-0.15, -0.1) is 0 Å². The van der Waals surface area contributed by atoms with Gasteiger partial charge in [-0.3, -0.25) is 9.59 Å². The highest BCUT2D eigenvalue weighted by Gasteiger charge is 2.26. The molecule has 114 valence electrons. The second-order valence-corrected chi connectivity index (χ2v) is 6.70. The van der Waals surface area contributed by atoms with E-state index in [-0.39, 0.29) is 17.2 Å². The van der Waals surface area contributed by atoms with Crippen molar-refractivity contribution in [1.82, 2.24) is 10.2 Å². The Kier molecular flexibility index (Phi) is 4.35. The topological polar surface area (TPSA) is 49.4 Å². The molecule has 1 atom stereocenters. The van der Waals surface area contributed by atoms with Gasteiger partial charge in [0.2, 0.25) is 5.91 Å². The van der Waals surface area contributed by atoms with Gasteiger partial charge in [-0.1, -0.05) is 32.9 Å². The minimum atomic E-state index is -0.472. The number of benzene rings is 1. The van der Waals surface area contributed by atoms with Crippen LogP contribution in [-0.4, -0.2) is 35.8 Å². The van der Waals surface area contributed by atoms with Crippen molar-refractivity contribution >= 4 is 11.8 Å². The molecule has 1 fully saturated rings. The monoisotopic (exact) mass is 288 g/mol. The fourth-order valence-corrected chi connectivity index (χ4v) is 2.27. The van der Waals surface area contributed by atoms with Gasteiger partial charge in [-0.2, -0.15) is 0 Å². The van der Waals surface area contributed by atoms with Crippen LogP contribution in [0.15, 0.2) is 24.3 Å². The normalized spacial score (nSPS) is 16.1. The second-order valence-electron chi connectivity index (χ2n) is 6.70. The molecule has 1 aliphatic rings. The van der Waals surface area contributed by atoms with Crippen molar-refractivity contribution in [2.24, 2.45) is 0 Å². The Hall–Kier alpha value is -1.84. The zero-order chi connectivity index (χ0) is 15.6. The average molecular weight is 288 g/mol. The largest absolute Gasteiger partial charge is 0.341 e. The third kappa shape index (κ3) is 3.63. The summed E-state index contributed by atoms with van der Waals surface area (Å²) >= 11 is 0. The van der Waals surface area contributed by atoms with E-state index in [0.717, 1.165) is 19.5 Å².